The van der Waals surface area contributed by atoms with Crippen molar-refractivity contribution in [1.82, 2.24) is 0 Å². The summed E-state index contributed by atoms with van der Waals surface area (Å²) in [7, 11) is 0. The molecule has 0 aromatic heterocycles. The molecule has 3 heteroatoms. The van der Waals surface area contributed by atoms with Gasteiger partial charge in [-0.25, -0.2) is 4.21 Å². The van der Waals surface area contributed by atoms with Gasteiger partial charge in [-0.3, -0.25) is 0 Å². The van der Waals surface area contributed by atoms with Gasteiger partial charge in [0, 0.05) is 0 Å². The molecule has 13 heavy (non-hydrogen) atoms. The third kappa shape index (κ3) is 1.67. The van der Waals surface area contributed by atoms with Crippen LogP contribution in [0.5, 0.6) is 0 Å². The van der Waals surface area contributed by atoms with Crippen LogP contribution < -0.4 is 0 Å². The molecule has 2 nitrogen and oxygen atoms in total. The zero-order valence-electron chi connectivity index (χ0n) is 7.27. The molecule has 0 saturated heterocycles. The van der Waals surface area contributed by atoms with Crippen LogP contribution in [-0.2, 0) is 11.1 Å². The van der Waals surface area contributed by atoms with Crippen molar-refractivity contribution in [3.8, 4) is 0 Å². The Hall–Kier alpha value is -0.670. The summed E-state index contributed by atoms with van der Waals surface area (Å²) in [5.74, 6) is 0.473. The van der Waals surface area contributed by atoms with E-state index in [0.29, 0.717) is 10.8 Å². The predicted molar refractivity (Wildman–Crippen MR) is 53.4 cm³/mol. The summed E-state index contributed by atoms with van der Waals surface area (Å²) in [4.78, 5) is 0.590. The minimum atomic E-state index is -1.83. The zero-order valence-corrected chi connectivity index (χ0v) is 8.09. The summed E-state index contributed by atoms with van der Waals surface area (Å²) >= 11 is -1.83. The summed E-state index contributed by atoms with van der Waals surface area (Å²) < 4.78 is 20.0. The fraction of sp³-hybridized carbons (Fsp3) is 0.400. The molecule has 2 aliphatic carbocycles. The minimum absolute atomic E-state index is 0.473. The van der Waals surface area contributed by atoms with Gasteiger partial charge in [-0.2, -0.15) is 0 Å². The van der Waals surface area contributed by atoms with Crippen molar-refractivity contribution in [3.05, 3.63) is 34.8 Å². The van der Waals surface area contributed by atoms with E-state index in [2.05, 4.69) is 6.08 Å². The molecule has 1 N–H and O–H groups in total. The van der Waals surface area contributed by atoms with Gasteiger partial charge < -0.3 is 4.55 Å². The molecule has 2 rings (SSSR count). The van der Waals surface area contributed by atoms with E-state index in [4.69, 9.17) is 4.55 Å². The maximum atomic E-state index is 11.0. The van der Waals surface area contributed by atoms with E-state index in [1.54, 1.807) is 6.08 Å². The number of fused-ring (bicyclic) bond motifs is 1. The van der Waals surface area contributed by atoms with Gasteiger partial charge >= 0.3 is 0 Å². The number of hydrogen-bond acceptors (Lipinski definition) is 1. The minimum Gasteiger partial charge on any atom is -0.302 e. The number of rotatable bonds is 1. The second-order valence-electron chi connectivity index (χ2n) is 3.38. The Kier molecular flexibility index (Phi) is 2.47. The zero-order chi connectivity index (χ0) is 9.26. The van der Waals surface area contributed by atoms with Gasteiger partial charge in [0.1, 0.15) is 0 Å². The molecule has 0 spiro atoms. The van der Waals surface area contributed by atoms with Crippen LogP contribution in [0.2, 0.25) is 0 Å². The van der Waals surface area contributed by atoms with Crippen molar-refractivity contribution in [2.45, 2.75) is 19.3 Å². The van der Waals surface area contributed by atoms with Gasteiger partial charge in [0.05, 0.1) is 4.91 Å². The summed E-state index contributed by atoms with van der Waals surface area (Å²) in [6.45, 7) is 0. The van der Waals surface area contributed by atoms with E-state index < -0.39 is 11.1 Å². The monoisotopic (exact) mass is 196 g/mol. The summed E-state index contributed by atoms with van der Waals surface area (Å²) in [5.41, 5.74) is 1.06. The van der Waals surface area contributed by atoms with Crippen molar-refractivity contribution in [3.63, 3.8) is 0 Å². The highest BCUT2D eigenvalue weighted by atomic mass is 32.2. The van der Waals surface area contributed by atoms with Crippen molar-refractivity contribution < 1.29 is 8.76 Å². The van der Waals surface area contributed by atoms with E-state index >= 15 is 0 Å². The second kappa shape index (κ2) is 3.60. The lowest BCUT2D eigenvalue weighted by Gasteiger charge is -2.24. The first-order valence-corrected chi connectivity index (χ1v) is 5.58. The SMILES string of the molecule is O=S(O)C1=C2C=CCCC2CC=C1. The number of allylic oxidation sites excluding steroid dienone is 5. The Labute approximate surface area is 80.3 Å². The topological polar surface area (TPSA) is 37.3 Å². The number of hydrogen-bond donors (Lipinski definition) is 1. The molecule has 0 radical (unpaired) electrons. The van der Waals surface area contributed by atoms with Crippen LogP contribution in [0, 0.1) is 5.92 Å². The molecule has 0 bridgehead atoms. The first-order valence-electron chi connectivity index (χ1n) is 4.47. The van der Waals surface area contributed by atoms with Crippen molar-refractivity contribution in [1.29, 1.82) is 0 Å². The van der Waals surface area contributed by atoms with Crippen LogP contribution in [0.1, 0.15) is 19.3 Å². The smallest absolute Gasteiger partial charge is 0.186 e. The molecule has 2 unspecified atom stereocenters. The van der Waals surface area contributed by atoms with Crippen molar-refractivity contribution in [2.24, 2.45) is 5.92 Å². The molecule has 70 valence electrons. The molecular weight excluding hydrogens is 184 g/mol. The lowest BCUT2D eigenvalue weighted by Crippen LogP contribution is -2.12. The van der Waals surface area contributed by atoms with Gasteiger partial charge in [0.2, 0.25) is 0 Å². The molecule has 2 atom stereocenters. The van der Waals surface area contributed by atoms with Gasteiger partial charge in [0.15, 0.2) is 11.1 Å². The molecule has 0 aromatic carbocycles. The lowest BCUT2D eigenvalue weighted by molar-refractivity contribution is 0.552. The lowest BCUT2D eigenvalue weighted by atomic mass is 9.84. The summed E-state index contributed by atoms with van der Waals surface area (Å²) in [6.07, 6.45) is 11.1. The van der Waals surface area contributed by atoms with E-state index in [1.165, 1.54) is 0 Å². The van der Waals surface area contributed by atoms with Crippen LogP contribution in [0.25, 0.3) is 0 Å². The van der Waals surface area contributed by atoms with Gasteiger partial charge in [0.25, 0.3) is 0 Å². The Morgan fingerprint density at radius 1 is 1.38 bits per heavy atom. The van der Waals surface area contributed by atoms with Crippen LogP contribution in [0.3, 0.4) is 0 Å². The molecule has 0 aliphatic heterocycles. The maximum Gasteiger partial charge on any atom is 0.186 e. The standard InChI is InChI=1S/C10H12O2S/c11-13(12)10-7-3-5-8-4-1-2-6-9(8)10/h2-3,6-8H,1,4-5H2,(H,11,12). The van der Waals surface area contributed by atoms with Crippen LogP contribution in [0.15, 0.2) is 34.8 Å². The van der Waals surface area contributed by atoms with Crippen molar-refractivity contribution >= 4 is 11.1 Å². The first-order chi connectivity index (χ1) is 6.29. The molecule has 0 saturated carbocycles. The average Bonchev–Trinajstić information content (AvgIpc) is 2.17. The fourth-order valence-corrected chi connectivity index (χ4v) is 2.57. The summed E-state index contributed by atoms with van der Waals surface area (Å²) in [6, 6.07) is 0. The van der Waals surface area contributed by atoms with E-state index in [0.717, 1.165) is 24.8 Å². The van der Waals surface area contributed by atoms with Gasteiger partial charge in [-0.1, -0.05) is 18.2 Å². The highest BCUT2D eigenvalue weighted by Gasteiger charge is 2.22. The molecule has 0 heterocycles. The molecular formula is C10H12O2S. The fourth-order valence-electron chi connectivity index (χ4n) is 1.92. The van der Waals surface area contributed by atoms with Crippen LogP contribution in [-0.4, -0.2) is 8.76 Å². The second-order valence-corrected chi connectivity index (χ2v) is 4.32. The Balaban J connectivity index is 2.44. The van der Waals surface area contributed by atoms with E-state index in [9.17, 15) is 4.21 Å². The molecule has 0 amide bonds. The Morgan fingerprint density at radius 3 is 3.00 bits per heavy atom. The van der Waals surface area contributed by atoms with Gasteiger partial charge in [-0.05, 0) is 36.8 Å². The largest absolute Gasteiger partial charge is 0.302 e. The molecule has 0 aromatic rings. The molecule has 2 aliphatic rings. The predicted octanol–water partition coefficient (Wildman–Crippen LogP) is 2.39. The Morgan fingerprint density at radius 2 is 2.23 bits per heavy atom. The third-order valence-electron chi connectivity index (χ3n) is 2.58. The van der Waals surface area contributed by atoms with Crippen LogP contribution >= 0.6 is 0 Å². The molecule has 0 fully saturated rings. The first kappa shape index (κ1) is 8.91. The highest BCUT2D eigenvalue weighted by Crippen LogP contribution is 2.34. The highest BCUT2D eigenvalue weighted by molar-refractivity contribution is 7.83. The van der Waals surface area contributed by atoms with Crippen molar-refractivity contribution in [2.75, 3.05) is 0 Å². The normalized spacial score (nSPS) is 28.8. The summed E-state index contributed by atoms with van der Waals surface area (Å²) in [5, 5.41) is 0. The Bertz CT molecular complexity index is 326. The van der Waals surface area contributed by atoms with E-state index in [-0.39, 0.29) is 0 Å². The quantitative estimate of drug-likeness (QED) is 0.654. The average molecular weight is 196 g/mol. The van der Waals surface area contributed by atoms with Gasteiger partial charge in [-0.15, -0.1) is 0 Å². The third-order valence-corrected chi connectivity index (χ3v) is 3.33. The van der Waals surface area contributed by atoms with E-state index in [1.807, 2.05) is 12.2 Å². The van der Waals surface area contributed by atoms with Crippen LogP contribution in [0.4, 0.5) is 0 Å². The maximum absolute atomic E-state index is 11.0.